The summed E-state index contributed by atoms with van der Waals surface area (Å²) in [7, 11) is 4.36. The molecule has 1 aliphatic rings. The van der Waals surface area contributed by atoms with Crippen molar-refractivity contribution in [3.63, 3.8) is 0 Å². The number of carbonyl (C=O) groups excluding carboxylic acids is 3. The van der Waals surface area contributed by atoms with E-state index in [0.717, 1.165) is 15.4 Å². The Balaban J connectivity index is 2.08. The lowest BCUT2D eigenvalue weighted by atomic mass is 10.1. The Kier molecular flexibility index (Phi) is 4.11. The normalized spacial score (nSPS) is 14.9. The Morgan fingerprint density at radius 1 is 1.00 bits per heavy atom. The molecule has 1 saturated heterocycles. The predicted octanol–water partition coefficient (Wildman–Crippen LogP) is 0.667. The summed E-state index contributed by atoms with van der Waals surface area (Å²) in [5.41, 5.74) is 0.871. The van der Waals surface area contributed by atoms with Crippen LogP contribution in [0.5, 0.6) is 11.5 Å². The average Bonchev–Trinajstić information content (AvgIpc) is 2.69. The fraction of sp³-hybridized carbons (Fsp3) is 0.357. The summed E-state index contributed by atoms with van der Waals surface area (Å²) in [5, 5.41) is 0. The molecule has 1 aromatic carbocycles. The number of urea groups is 1. The number of imide groups is 2. The zero-order valence-corrected chi connectivity index (χ0v) is 12.1. The maximum Gasteiger partial charge on any atom is 0.333 e. The monoisotopic (exact) mass is 292 g/mol. The molecule has 0 aliphatic carbocycles. The van der Waals surface area contributed by atoms with Gasteiger partial charge in [0.1, 0.15) is 0 Å². The Morgan fingerprint density at radius 3 is 2.19 bits per heavy atom. The second kappa shape index (κ2) is 5.82. The molecule has 0 aromatic heterocycles. The lowest BCUT2D eigenvalue weighted by Crippen LogP contribution is -2.33. The zero-order valence-electron chi connectivity index (χ0n) is 12.1. The highest BCUT2D eigenvalue weighted by Crippen LogP contribution is 2.27. The van der Waals surface area contributed by atoms with Crippen molar-refractivity contribution >= 4 is 17.8 Å². The van der Waals surface area contributed by atoms with E-state index in [4.69, 9.17) is 9.47 Å². The molecule has 7 heteroatoms. The van der Waals surface area contributed by atoms with Gasteiger partial charge in [-0.25, -0.2) is 4.79 Å². The summed E-state index contributed by atoms with van der Waals surface area (Å²) < 4.78 is 10.3. The van der Waals surface area contributed by atoms with E-state index >= 15 is 0 Å². The maximum atomic E-state index is 11.7. The van der Waals surface area contributed by atoms with Crippen LogP contribution in [0.4, 0.5) is 4.79 Å². The maximum absolute atomic E-state index is 11.7. The Bertz CT molecular complexity index is 599. The molecule has 112 valence electrons. The molecule has 1 aromatic rings. The van der Waals surface area contributed by atoms with Gasteiger partial charge in [-0.3, -0.25) is 19.4 Å². The number of hydrogen-bond donors (Lipinski definition) is 0. The third-order valence-corrected chi connectivity index (χ3v) is 3.32. The molecule has 4 amide bonds. The van der Waals surface area contributed by atoms with Crippen molar-refractivity contribution in [1.82, 2.24) is 9.80 Å². The molecule has 0 saturated carbocycles. The zero-order chi connectivity index (χ0) is 15.6. The van der Waals surface area contributed by atoms with Gasteiger partial charge in [0.05, 0.1) is 14.2 Å². The van der Waals surface area contributed by atoms with Gasteiger partial charge >= 0.3 is 17.8 Å². The van der Waals surface area contributed by atoms with Gasteiger partial charge in [0.2, 0.25) is 0 Å². The fourth-order valence-electron chi connectivity index (χ4n) is 2.09. The average molecular weight is 292 g/mol. The molecular weight excluding hydrogens is 276 g/mol. The Hall–Kier alpha value is -2.57. The minimum atomic E-state index is -0.799. The van der Waals surface area contributed by atoms with E-state index in [2.05, 4.69) is 0 Å². The minimum Gasteiger partial charge on any atom is -0.493 e. The van der Waals surface area contributed by atoms with E-state index < -0.39 is 17.8 Å². The number of methoxy groups -OCH3 is 2. The summed E-state index contributed by atoms with van der Waals surface area (Å²) in [6, 6.07) is 4.75. The van der Waals surface area contributed by atoms with Crippen LogP contribution in [0.15, 0.2) is 18.2 Å². The number of nitrogens with zero attached hydrogens (tertiary/aromatic N) is 2. The first-order chi connectivity index (χ1) is 9.99. The number of carbonyl (C=O) groups is 3. The second-order valence-corrected chi connectivity index (χ2v) is 4.54. The van der Waals surface area contributed by atoms with E-state index in [1.807, 2.05) is 6.07 Å². The van der Waals surface area contributed by atoms with Gasteiger partial charge in [-0.15, -0.1) is 0 Å². The summed E-state index contributed by atoms with van der Waals surface area (Å²) in [6.07, 6.45) is 0.430. The first-order valence-corrected chi connectivity index (χ1v) is 6.34. The van der Waals surface area contributed by atoms with Crippen LogP contribution >= 0.6 is 0 Å². The van der Waals surface area contributed by atoms with Crippen LogP contribution in [0.3, 0.4) is 0 Å². The Labute approximate surface area is 122 Å². The van der Waals surface area contributed by atoms with Crippen LogP contribution in [0.2, 0.25) is 0 Å². The highest BCUT2D eigenvalue weighted by atomic mass is 16.5. The van der Waals surface area contributed by atoms with Gasteiger partial charge in [0, 0.05) is 13.6 Å². The summed E-state index contributed by atoms with van der Waals surface area (Å²) in [5.74, 6) is -0.415. The quantitative estimate of drug-likeness (QED) is 0.589. The van der Waals surface area contributed by atoms with Crippen LogP contribution in [-0.2, 0) is 16.0 Å². The fourth-order valence-corrected chi connectivity index (χ4v) is 2.09. The molecule has 0 atom stereocenters. The lowest BCUT2D eigenvalue weighted by Gasteiger charge is -2.14. The molecule has 0 N–H and O–H groups in total. The lowest BCUT2D eigenvalue weighted by molar-refractivity contribution is -0.142. The summed E-state index contributed by atoms with van der Waals surface area (Å²) in [6.45, 7) is 0.142. The molecule has 0 bridgehead atoms. The molecule has 0 unspecified atom stereocenters. The van der Waals surface area contributed by atoms with E-state index in [1.165, 1.54) is 14.2 Å². The smallest absolute Gasteiger partial charge is 0.333 e. The molecule has 7 nitrogen and oxygen atoms in total. The van der Waals surface area contributed by atoms with Crippen molar-refractivity contribution in [2.24, 2.45) is 0 Å². The number of rotatable bonds is 5. The standard InChI is InChI=1S/C14H16N2O5/c1-15-12(17)13(18)16(14(15)19)7-6-9-4-5-10(20-2)11(8-9)21-3/h4-5,8H,6-7H2,1-3H3. The predicted molar refractivity (Wildman–Crippen MR) is 73.1 cm³/mol. The Morgan fingerprint density at radius 2 is 1.67 bits per heavy atom. The number of hydrogen-bond acceptors (Lipinski definition) is 5. The molecular formula is C14H16N2O5. The highest BCUT2D eigenvalue weighted by molar-refractivity contribution is 6.44. The molecule has 0 spiro atoms. The van der Waals surface area contributed by atoms with Crippen LogP contribution in [0.25, 0.3) is 0 Å². The largest absolute Gasteiger partial charge is 0.493 e. The van der Waals surface area contributed by atoms with Crippen molar-refractivity contribution in [3.05, 3.63) is 23.8 Å². The summed E-state index contributed by atoms with van der Waals surface area (Å²) in [4.78, 5) is 36.5. The third-order valence-electron chi connectivity index (χ3n) is 3.32. The topological polar surface area (TPSA) is 76.2 Å². The SMILES string of the molecule is COc1ccc(CCN2C(=O)C(=O)N(C)C2=O)cc1OC. The van der Waals surface area contributed by atoms with Crippen LogP contribution in [0, 0.1) is 0 Å². The van der Waals surface area contributed by atoms with Gasteiger partial charge in [-0.2, -0.15) is 0 Å². The van der Waals surface area contributed by atoms with Gasteiger partial charge in [0.25, 0.3) is 0 Å². The highest BCUT2D eigenvalue weighted by Gasteiger charge is 2.41. The van der Waals surface area contributed by atoms with Gasteiger partial charge in [-0.1, -0.05) is 6.07 Å². The molecule has 1 heterocycles. The van der Waals surface area contributed by atoms with Crippen molar-refractivity contribution in [1.29, 1.82) is 0 Å². The van der Waals surface area contributed by atoms with Crippen LogP contribution < -0.4 is 9.47 Å². The van der Waals surface area contributed by atoms with Gasteiger partial charge in [-0.05, 0) is 24.1 Å². The van der Waals surface area contributed by atoms with Crippen molar-refractivity contribution in [2.75, 3.05) is 27.8 Å². The number of likely N-dealkylation sites (N-methyl/N-ethyl adjacent to an activating group) is 1. The van der Waals surface area contributed by atoms with E-state index in [-0.39, 0.29) is 6.54 Å². The third kappa shape index (κ3) is 2.67. The van der Waals surface area contributed by atoms with Gasteiger partial charge < -0.3 is 9.47 Å². The van der Waals surface area contributed by atoms with Crippen molar-refractivity contribution in [3.8, 4) is 11.5 Å². The molecule has 0 radical (unpaired) electrons. The minimum absolute atomic E-state index is 0.142. The van der Waals surface area contributed by atoms with E-state index in [9.17, 15) is 14.4 Å². The second-order valence-electron chi connectivity index (χ2n) is 4.54. The number of benzene rings is 1. The van der Waals surface area contributed by atoms with Crippen molar-refractivity contribution in [2.45, 2.75) is 6.42 Å². The van der Waals surface area contributed by atoms with Crippen LogP contribution in [-0.4, -0.2) is 55.5 Å². The van der Waals surface area contributed by atoms with E-state index in [1.54, 1.807) is 19.2 Å². The number of amides is 4. The van der Waals surface area contributed by atoms with Crippen molar-refractivity contribution < 1.29 is 23.9 Å². The number of ether oxygens (including phenoxy) is 2. The molecule has 21 heavy (non-hydrogen) atoms. The van der Waals surface area contributed by atoms with E-state index in [0.29, 0.717) is 17.9 Å². The first kappa shape index (κ1) is 14.8. The van der Waals surface area contributed by atoms with Crippen LogP contribution in [0.1, 0.15) is 5.56 Å². The summed E-state index contributed by atoms with van der Waals surface area (Å²) >= 11 is 0. The van der Waals surface area contributed by atoms with Gasteiger partial charge in [0.15, 0.2) is 11.5 Å². The molecule has 1 fully saturated rings. The first-order valence-electron chi connectivity index (χ1n) is 6.34. The molecule has 2 rings (SSSR count). The molecule has 1 aliphatic heterocycles.